The van der Waals surface area contributed by atoms with Gasteiger partial charge < -0.3 is 15.8 Å². The molecule has 1 aromatic heterocycles. The molecule has 1 aliphatic heterocycles. The van der Waals surface area contributed by atoms with Crippen LogP contribution in [0.2, 0.25) is 0 Å². The van der Waals surface area contributed by atoms with Crippen molar-refractivity contribution in [2.45, 2.75) is 19.3 Å². The van der Waals surface area contributed by atoms with Gasteiger partial charge in [0.05, 0.1) is 11.4 Å². The van der Waals surface area contributed by atoms with Crippen LogP contribution in [0.3, 0.4) is 0 Å². The monoisotopic (exact) mass is 394 g/mol. The third-order valence-electron chi connectivity index (χ3n) is 4.84. The van der Waals surface area contributed by atoms with Gasteiger partial charge in [0.25, 0.3) is 5.91 Å². The zero-order valence-electron chi connectivity index (χ0n) is 15.7. The molecule has 0 saturated carbocycles. The Hall–Kier alpha value is -3.68. The molecule has 4 rings (SSSR count). The average molecular weight is 394 g/mol. The Bertz CT molecular complexity index is 1070. The molecule has 2 heterocycles. The summed E-state index contributed by atoms with van der Waals surface area (Å²) in [5.41, 5.74) is 8.37. The average Bonchev–Trinajstić information content (AvgIpc) is 3.03. The number of benzene rings is 2. The molecule has 1 atom stereocenters. The van der Waals surface area contributed by atoms with Crippen LogP contribution in [-0.2, 0) is 9.59 Å². The maximum absolute atomic E-state index is 13.3. The fraction of sp³-hybridized carbons (Fsp3) is 0.190. The number of nitrogens with zero attached hydrogens (tertiary/aromatic N) is 2. The van der Waals surface area contributed by atoms with Gasteiger partial charge in [-0.15, -0.1) is 0 Å². The number of nitrogens with two attached hydrogens (primary N) is 1. The van der Waals surface area contributed by atoms with Crippen molar-refractivity contribution < 1.29 is 18.7 Å². The Morgan fingerprint density at radius 2 is 1.93 bits per heavy atom. The smallest absolute Gasteiger partial charge is 0.255 e. The minimum absolute atomic E-state index is 0.125. The summed E-state index contributed by atoms with van der Waals surface area (Å²) in [5, 5.41) is 7.47. The van der Waals surface area contributed by atoms with Gasteiger partial charge in [-0.05, 0) is 48.9 Å². The van der Waals surface area contributed by atoms with Crippen LogP contribution in [0.5, 0.6) is 5.75 Å². The lowest BCUT2D eigenvalue weighted by atomic mass is 9.86. The van der Waals surface area contributed by atoms with Gasteiger partial charge in [-0.3, -0.25) is 9.59 Å². The van der Waals surface area contributed by atoms with Crippen LogP contribution in [0.1, 0.15) is 29.2 Å². The van der Waals surface area contributed by atoms with E-state index in [9.17, 15) is 14.0 Å². The maximum atomic E-state index is 13.3. The zero-order valence-corrected chi connectivity index (χ0v) is 15.7. The van der Waals surface area contributed by atoms with Gasteiger partial charge in [0.1, 0.15) is 17.4 Å². The lowest BCUT2D eigenvalue weighted by Gasteiger charge is -2.24. The fourth-order valence-electron chi connectivity index (χ4n) is 3.55. The Kier molecular flexibility index (Phi) is 4.75. The highest BCUT2D eigenvalue weighted by Gasteiger charge is 2.32. The van der Waals surface area contributed by atoms with Crippen molar-refractivity contribution in [3.8, 4) is 11.4 Å². The van der Waals surface area contributed by atoms with Crippen LogP contribution in [0, 0.1) is 12.7 Å². The number of hydrogen-bond acceptors (Lipinski definition) is 4. The van der Waals surface area contributed by atoms with E-state index in [1.165, 1.54) is 12.1 Å². The van der Waals surface area contributed by atoms with Crippen LogP contribution >= 0.6 is 0 Å². The molecule has 0 bridgehead atoms. The molecule has 7 nitrogen and oxygen atoms in total. The summed E-state index contributed by atoms with van der Waals surface area (Å²) in [6.45, 7) is 1.69. The molecule has 148 valence electrons. The molecule has 2 amide bonds. The van der Waals surface area contributed by atoms with E-state index in [-0.39, 0.29) is 30.7 Å². The van der Waals surface area contributed by atoms with Crippen LogP contribution in [0.25, 0.3) is 5.69 Å². The van der Waals surface area contributed by atoms with E-state index in [0.29, 0.717) is 17.3 Å². The van der Waals surface area contributed by atoms with Crippen molar-refractivity contribution in [2.75, 3.05) is 11.9 Å². The number of aromatic nitrogens is 2. The predicted molar refractivity (Wildman–Crippen MR) is 104 cm³/mol. The van der Waals surface area contributed by atoms with Crippen molar-refractivity contribution in [1.29, 1.82) is 0 Å². The summed E-state index contributed by atoms with van der Waals surface area (Å²) in [7, 11) is 0. The number of rotatable bonds is 5. The van der Waals surface area contributed by atoms with E-state index in [0.717, 1.165) is 16.8 Å². The molecule has 0 spiro atoms. The lowest BCUT2D eigenvalue weighted by molar-refractivity contribution is -0.120. The third-order valence-corrected chi connectivity index (χ3v) is 4.84. The first-order valence-electron chi connectivity index (χ1n) is 9.08. The molecular weight excluding hydrogens is 375 g/mol. The van der Waals surface area contributed by atoms with Crippen LogP contribution in [0.15, 0.2) is 48.5 Å². The minimum atomic E-state index is -0.550. The summed E-state index contributed by atoms with van der Waals surface area (Å²) in [6.07, 6.45) is 0.282. The van der Waals surface area contributed by atoms with Gasteiger partial charge >= 0.3 is 0 Å². The first-order valence-corrected chi connectivity index (χ1v) is 9.08. The highest BCUT2D eigenvalue weighted by molar-refractivity contribution is 5.95. The van der Waals surface area contributed by atoms with Gasteiger partial charge in [0.2, 0.25) is 5.91 Å². The Labute approximate surface area is 166 Å². The number of aryl methyl sites for hydroxylation is 1. The van der Waals surface area contributed by atoms with Crippen molar-refractivity contribution in [1.82, 2.24) is 9.78 Å². The molecular formula is C21H19FN4O3. The summed E-state index contributed by atoms with van der Waals surface area (Å²) in [4.78, 5) is 23.3. The molecule has 2 aromatic carbocycles. The minimum Gasteiger partial charge on any atom is -0.484 e. The fourth-order valence-corrected chi connectivity index (χ4v) is 3.55. The molecule has 3 aromatic rings. The normalized spacial score (nSPS) is 15.5. The first-order chi connectivity index (χ1) is 13.9. The molecule has 0 saturated heterocycles. The molecule has 0 radical (unpaired) electrons. The van der Waals surface area contributed by atoms with Gasteiger partial charge in [0.15, 0.2) is 6.61 Å². The number of fused-ring (bicyclic) bond motifs is 1. The van der Waals surface area contributed by atoms with E-state index in [2.05, 4.69) is 10.4 Å². The Morgan fingerprint density at radius 3 is 2.59 bits per heavy atom. The first kappa shape index (κ1) is 18.7. The number of nitrogens with one attached hydrogen (secondary N) is 1. The zero-order chi connectivity index (χ0) is 20.5. The van der Waals surface area contributed by atoms with E-state index < -0.39 is 5.91 Å². The van der Waals surface area contributed by atoms with Crippen molar-refractivity contribution in [2.24, 2.45) is 5.73 Å². The predicted octanol–water partition coefficient (Wildman–Crippen LogP) is 2.66. The molecule has 0 fully saturated rings. The third kappa shape index (κ3) is 3.69. The van der Waals surface area contributed by atoms with E-state index >= 15 is 0 Å². The van der Waals surface area contributed by atoms with Gasteiger partial charge in [-0.1, -0.05) is 12.1 Å². The van der Waals surface area contributed by atoms with Gasteiger partial charge in [0, 0.05) is 17.9 Å². The summed E-state index contributed by atoms with van der Waals surface area (Å²) >= 11 is 0. The molecule has 8 heteroatoms. The topological polar surface area (TPSA) is 99.2 Å². The van der Waals surface area contributed by atoms with E-state index in [4.69, 9.17) is 10.5 Å². The van der Waals surface area contributed by atoms with Crippen molar-refractivity contribution in [3.05, 3.63) is 71.2 Å². The highest BCUT2D eigenvalue weighted by Crippen LogP contribution is 2.40. The quantitative estimate of drug-likeness (QED) is 0.695. The Balaban J connectivity index is 1.70. The SMILES string of the molecule is Cc1nn(-c2ccc(F)cc2)c2c1C(c1ccc(OCC(N)=O)cc1)CC(=O)N2. The largest absolute Gasteiger partial charge is 0.484 e. The lowest BCUT2D eigenvalue weighted by Crippen LogP contribution is -2.25. The summed E-state index contributed by atoms with van der Waals surface area (Å²) < 4.78 is 20.2. The number of hydrogen-bond donors (Lipinski definition) is 2. The number of anilines is 1. The van der Waals surface area contributed by atoms with Crippen LogP contribution in [0.4, 0.5) is 10.2 Å². The Morgan fingerprint density at radius 1 is 1.24 bits per heavy atom. The second kappa shape index (κ2) is 7.38. The number of carbonyl (C=O) groups excluding carboxylic acids is 2. The summed E-state index contributed by atoms with van der Waals surface area (Å²) in [5.74, 6) is -0.0901. The highest BCUT2D eigenvalue weighted by atomic mass is 19.1. The molecule has 3 N–H and O–H groups in total. The van der Waals surface area contributed by atoms with Crippen molar-refractivity contribution >= 4 is 17.6 Å². The molecule has 1 unspecified atom stereocenters. The van der Waals surface area contributed by atoms with Gasteiger partial charge in [-0.2, -0.15) is 5.10 Å². The molecule has 29 heavy (non-hydrogen) atoms. The van der Waals surface area contributed by atoms with E-state index in [1.807, 2.05) is 19.1 Å². The van der Waals surface area contributed by atoms with E-state index in [1.54, 1.807) is 28.9 Å². The number of ether oxygens (including phenoxy) is 1. The number of halogens is 1. The number of carbonyl (C=O) groups is 2. The molecule has 0 aliphatic carbocycles. The second-order valence-corrected chi connectivity index (χ2v) is 6.86. The van der Waals surface area contributed by atoms with Crippen LogP contribution in [-0.4, -0.2) is 28.2 Å². The van der Waals surface area contributed by atoms with Crippen LogP contribution < -0.4 is 15.8 Å². The number of primary amides is 1. The molecule has 1 aliphatic rings. The van der Waals surface area contributed by atoms with Gasteiger partial charge in [-0.25, -0.2) is 9.07 Å². The summed E-state index contributed by atoms with van der Waals surface area (Å²) in [6, 6.07) is 13.1. The standard InChI is InChI=1S/C21H19FN4O3/c1-12-20-17(13-2-8-16(9-3-13)29-11-18(23)27)10-19(28)24-21(20)26(25-12)15-6-4-14(22)5-7-15/h2-9,17H,10-11H2,1H3,(H2,23,27)(H,24,28). The second-order valence-electron chi connectivity index (χ2n) is 6.86. The maximum Gasteiger partial charge on any atom is 0.255 e. The number of amides is 2. The van der Waals surface area contributed by atoms with Crippen molar-refractivity contribution in [3.63, 3.8) is 0 Å².